The summed E-state index contributed by atoms with van der Waals surface area (Å²) >= 11 is 0. The molecular weight excluding hydrogens is 276 g/mol. The quantitative estimate of drug-likeness (QED) is 0.870. The molecule has 1 aliphatic heterocycles. The molecule has 114 valence electrons. The fourth-order valence-corrected chi connectivity index (χ4v) is 2.60. The van der Waals surface area contributed by atoms with Gasteiger partial charge in [0, 0.05) is 32.7 Å². The Kier molecular flexibility index (Phi) is 4.71. The molecule has 1 saturated heterocycles. The van der Waals surface area contributed by atoms with Crippen LogP contribution in [0.4, 0.5) is 0 Å². The molecule has 4 heteroatoms. The zero-order chi connectivity index (χ0) is 15.2. The molecule has 2 aromatic rings. The van der Waals surface area contributed by atoms with Crippen LogP contribution in [0.3, 0.4) is 0 Å². The van der Waals surface area contributed by atoms with E-state index in [9.17, 15) is 4.79 Å². The van der Waals surface area contributed by atoms with Gasteiger partial charge in [0.05, 0.1) is 11.8 Å². The molecule has 4 nitrogen and oxygen atoms in total. The lowest BCUT2D eigenvalue weighted by Gasteiger charge is -2.33. The number of amides is 1. The number of hydrogen-bond donors (Lipinski definition) is 0. The van der Waals surface area contributed by atoms with Gasteiger partial charge < -0.3 is 9.32 Å². The van der Waals surface area contributed by atoms with Gasteiger partial charge >= 0.3 is 0 Å². The second-order valence-corrected chi connectivity index (χ2v) is 5.42. The smallest absolute Gasteiger partial charge is 0.257 e. The van der Waals surface area contributed by atoms with E-state index in [2.05, 4.69) is 29.2 Å². The first-order chi connectivity index (χ1) is 10.8. The van der Waals surface area contributed by atoms with Crippen molar-refractivity contribution in [3.05, 3.63) is 66.1 Å². The molecule has 0 bridgehead atoms. The lowest BCUT2D eigenvalue weighted by molar-refractivity contribution is 0.0649. The van der Waals surface area contributed by atoms with E-state index in [-0.39, 0.29) is 5.91 Å². The molecule has 0 aliphatic carbocycles. The van der Waals surface area contributed by atoms with Crippen LogP contribution < -0.4 is 0 Å². The van der Waals surface area contributed by atoms with Crippen LogP contribution in [0.2, 0.25) is 0 Å². The van der Waals surface area contributed by atoms with Crippen molar-refractivity contribution in [3.63, 3.8) is 0 Å². The fourth-order valence-electron chi connectivity index (χ4n) is 2.60. The predicted octanol–water partition coefficient (Wildman–Crippen LogP) is 2.75. The first kappa shape index (κ1) is 14.6. The van der Waals surface area contributed by atoms with E-state index in [0.717, 1.165) is 32.7 Å². The average molecular weight is 296 g/mol. The molecule has 0 radical (unpaired) electrons. The minimum atomic E-state index is 0.0632. The van der Waals surface area contributed by atoms with Gasteiger partial charge in [-0.05, 0) is 11.6 Å². The molecule has 22 heavy (non-hydrogen) atoms. The van der Waals surface area contributed by atoms with Crippen molar-refractivity contribution in [2.24, 2.45) is 0 Å². The number of carbonyl (C=O) groups is 1. The van der Waals surface area contributed by atoms with Crippen molar-refractivity contribution in [2.45, 2.75) is 0 Å². The van der Waals surface area contributed by atoms with E-state index in [4.69, 9.17) is 4.42 Å². The Morgan fingerprint density at radius 2 is 1.86 bits per heavy atom. The maximum Gasteiger partial charge on any atom is 0.257 e. The molecular formula is C18H20N2O2. The first-order valence-corrected chi connectivity index (χ1v) is 7.58. The van der Waals surface area contributed by atoms with Crippen LogP contribution in [-0.4, -0.2) is 48.4 Å². The zero-order valence-corrected chi connectivity index (χ0v) is 12.5. The number of piperazine rings is 1. The molecule has 3 rings (SSSR count). The molecule has 0 unspecified atom stereocenters. The van der Waals surface area contributed by atoms with Crippen LogP contribution in [-0.2, 0) is 0 Å². The Bertz CT molecular complexity index is 612. The molecule has 0 spiro atoms. The molecule has 1 aromatic heterocycles. The number of hydrogen-bond acceptors (Lipinski definition) is 3. The highest BCUT2D eigenvalue weighted by atomic mass is 16.3. The summed E-state index contributed by atoms with van der Waals surface area (Å²) in [5.74, 6) is 0.0632. The Hall–Kier alpha value is -2.33. The van der Waals surface area contributed by atoms with Crippen molar-refractivity contribution >= 4 is 12.0 Å². The van der Waals surface area contributed by atoms with Crippen LogP contribution >= 0.6 is 0 Å². The fraction of sp³-hybridized carbons (Fsp3) is 0.278. The van der Waals surface area contributed by atoms with Gasteiger partial charge in [-0.25, -0.2) is 0 Å². The van der Waals surface area contributed by atoms with Crippen molar-refractivity contribution in [1.29, 1.82) is 0 Å². The number of carbonyl (C=O) groups excluding carboxylic acids is 1. The SMILES string of the molecule is O=C(c1ccoc1)N1CCN(C/C=C/c2ccccc2)CC1. The average Bonchev–Trinajstić information content (AvgIpc) is 3.10. The van der Waals surface area contributed by atoms with Crippen LogP contribution in [0.25, 0.3) is 6.08 Å². The number of benzene rings is 1. The van der Waals surface area contributed by atoms with E-state index in [1.165, 1.54) is 18.1 Å². The van der Waals surface area contributed by atoms with Gasteiger partial charge in [-0.1, -0.05) is 42.5 Å². The summed E-state index contributed by atoms with van der Waals surface area (Å²) in [5, 5.41) is 0. The summed E-state index contributed by atoms with van der Waals surface area (Å²) in [6.07, 6.45) is 7.38. The van der Waals surface area contributed by atoms with Gasteiger partial charge in [-0.3, -0.25) is 9.69 Å². The normalized spacial score (nSPS) is 16.3. The molecule has 1 fully saturated rings. The first-order valence-electron chi connectivity index (χ1n) is 7.58. The van der Waals surface area contributed by atoms with Gasteiger partial charge in [-0.15, -0.1) is 0 Å². The van der Waals surface area contributed by atoms with Crippen molar-refractivity contribution < 1.29 is 9.21 Å². The van der Waals surface area contributed by atoms with Crippen LogP contribution in [0.5, 0.6) is 0 Å². The highest BCUT2D eigenvalue weighted by Gasteiger charge is 2.21. The third-order valence-electron chi connectivity index (χ3n) is 3.90. The van der Waals surface area contributed by atoms with Gasteiger partial charge in [-0.2, -0.15) is 0 Å². The minimum absolute atomic E-state index is 0.0632. The monoisotopic (exact) mass is 296 g/mol. The van der Waals surface area contributed by atoms with E-state index < -0.39 is 0 Å². The molecule has 0 N–H and O–H groups in total. The van der Waals surface area contributed by atoms with Gasteiger partial charge in [0.2, 0.25) is 0 Å². The highest BCUT2D eigenvalue weighted by molar-refractivity contribution is 5.93. The van der Waals surface area contributed by atoms with Gasteiger partial charge in [0.15, 0.2) is 0 Å². The van der Waals surface area contributed by atoms with Crippen LogP contribution in [0.15, 0.2) is 59.4 Å². The molecule has 2 heterocycles. The van der Waals surface area contributed by atoms with Crippen LogP contribution in [0, 0.1) is 0 Å². The topological polar surface area (TPSA) is 36.7 Å². The second-order valence-electron chi connectivity index (χ2n) is 5.42. The third-order valence-corrected chi connectivity index (χ3v) is 3.90. The standard InChI is InChI=1S/C18H20N2O2/c21-18(17-8-14-22-15-17)20-12-10-19(11-13-20)9-4-7-16-5-2-1-3-6-16/h1-8,14-15H,9-13H2/b7-4+. The summed E-state index contributed by atoms with van der Waals surface area (Å²) in [5.41, 5.74) is 1.86. The Morgan fingerprint density at radius 3 is 2.55 bits per heavy atom. The molecule has 0 saturated carbocycles. The second kappa shape index (κ2) is 7.09. The Morgan fingerprint density at radius 1 is 1.09 bits per heavy atom. The summed E-state index contributed by atoms with van der Waals surface area (Å²) in [4.78, 5) is 16.5. The summed E-state index contributed by atoms with van der Waals surface area (Å²) in [7, 11) is 0. The maximum atomic E-state index is 12.2. The van der Waals surface area contributed by atoms with E-state index >= 15 is 0 Å². The van der Waals surface area contributed by atoms with E-state index in [0.29, 0.717) is 5.56 Å². The molecule has 1 aliphatic rings. The zero-order valence-electron chi connectivity index (χ0n) is 12.5. The van der Waals surface area contributed by atoms with Crippen LogP contribution in [0.1, 0.15) is 15.9 Å². The van der Waals surface area contributed by atoms with Gasteiger partial charge in [0.1, 0.15) is 6.26 Å². The summed E-state index contributed by atoms with van der Waals surface area (Å²) in [6.45, 7) is 4.26. The van der Waals surface area contributed by atoms with E-state index in [1.54, 1.807) is 6.07 Å². The Balaban J connectivity index is 1.46. The number of furan rings is 1. The number of nitrogens with zero attached hydrogens (tertiary/aromatic N) is 2. The highest BCUT2D eigenvalue weighted by Crippen LogP contribution is 2.09. The maximum absolute atomic E-state index is 12.2. The lowest BCUT2D eigenvalue weighted by atomic mass is 10.2. The molecule has 1 amide bonds. The summed E-state index contributed by atoms with van der Waals surface area (Å²) < 4.78 is 4.98. The molecule has 0 atom stereocenters. The largest absolute Gasteiger partial charge is 0.472 e. The van der Waals surface area contributed by atoms with Crippen molar-refractivity contribution in [3.8, 4) is 0 Å². The van der Waals surface area contributed by atoms with E-state index in [1.807, 2.05) is 23.1 Å². The summed E-state index contributed by atoms with van der Waals surface area (Å²) in [6, 6.07) is 12.0. The predicted molar refractivity (Wildman–Crippen MR) is 86.5 cm³/mol. The molecule has 1 aromatic carbocycles. The Labute approximate surface area is 130 Å². The van der Waals surface area contributed by atoms with Gasteiger partial charge in [0.25, 0.3) is 5.91 Å². The van der Waals surface area contributed by atoms with Crippen molar-refractivity contribution in [1.82, 2.24) is 9.80 Å². The minimum Gasteiger partial charge on any atom is -0.472 e. The van der Waals surface area contributed by atoms with Crippen molar-refractivity contribution in [2.75, 3.05) is 32.7 Å². The lowest BCUT2D eigenvalue weighted by Crippen LogP contribution is -2.48. The number of rotatable bonds is 4. The third kappa shape index (κ3) is 3.65.